The van der Waals surface area contributed by atoms with E-state index in [0.29, 0.717) is 23.6 Å². The molecule has 1 saturated carbocycles. The minimum atomic E-state index is -0.899. The lowest BCUT2D eigenvalue weighted by atomic mass is 9.74. The molecule has 1 aromatic rings. The van der Waals surface area contributed by atoms with E-state index in [-0.39, 0.29) is 18.9 Å². The fourth-order valence-electron chi connectivity index (χ4n) is 2.49. The third-order valence-corrected chi connectivity index (χ3v) is 3.94. The maximum Gasteiger partial charge on any atom is 0.305 e. The van der Waals surface area contributed by atoms with Crippen molar-refractivity contribution in [2.75, 3.05) is 6.61 Å². The van der Waals surface area contributed by atoms with E-state index in [0.717, 1.165) is 12.0 Å². The van der Waals surface area contributed by atoms with Gasteiger partial charge in [-0.2, -0.15) is 0 Å². The van der Waals surface area contributed by atoms with Gasteiger partial charge in [0.05, 0.1) is 12.0 Å². The van der Waals surface area contributed by atoms with Gasteiger partial charge >= 0.3 is 5.97 Å². The molecule has 0 radical (unpaired) electrons. The van der Waals surface area contributed by atoms with Gasteiger partial charge in [0, 0.05) is 5.02 Å². The number of carboxylic acids is 1. The van der Waals surface area contributed by atoms with Gasteiger partial charge in [0.2, 0.25) is 0 Å². The molecule has 0 unspecified atom stereocenters. The molecule has 1 fully saturated rings. The minimum Gasteiger partial charge on any atom is -0.484 e. The number of carboxylic acid groups (broad SMARTS) is 1. The van der Waals surface area contributed by atoms with Crippen LogP contribution in [0.25, 0.3) is 0 Å². The van der Waals surface area contributed by atoms with Gasteiger partial charge in [-0.05, 0) is 49.9 Å². The van der Waals surface area contributed by atoms with Gasteiger partial charge in [0.25, 0.3) is 5.91 Å². The van der Waals surface area contributed by atoms with Gasteiger partial charge in [-0.1, -0.05) is 11.6 Å². The first-order valence-corrected chi connectivity index (χ1v) is 7.20. The van der Waals surface area contributed by atoms with Crippen molar-refractivity contribution in [3.05, 3.63) is 28.8 Å². The largest absolute Gasteiger partial charge is 0.484 e. The Balaban J connectivity index is 1.88. The summed E-state index contributed by atoms with van der Waals surface area (Å²) in [4.78, 5) is 22.8. The molecular formula is C15H18ClNO4. The third kappa shape index (κ3) is 4.11. The summed E-state index contributed by atoms with van der Waals surface area (Å²) >= 11 is 5.85. The second kappa shape index (κ2) is 6.35. The zero-order valence-corrected chi connectivity index (χ0v) is 12.6. The molecule has 1 aliphatic carbocycles. The minimum absolute atomic E-state index is 0.0429. The van der Waals surface area contributed by atoms with Gasteiger partial charge in [-0.3, -0.25) is 9.59 Å². The van der Waals surface area contributed by atoms with E-state index in [9.17, 15) is 9.59 Å². The van der Waals surface area contributed by atoms with E-state index >= 15 is 0 Å². The average Bonchev–Trinajstić information content (AvgIpc) is 2.34. The van der Waals surface area contributed by atoms with Crippen LogP contribution in [0.5, 0.6) is 5.75 Å². The Hall–Kier alpha value is -1.75. The third-order valence-electron chi connectivity index (χ3n) is 3.70. The van der Waals surface area contributed by atoms with Crippen LogP contribution in [0.1, 0.15) is 31.2 Å². The number of aliphatic carboxylic acids is 1. The highest BCUT2D eigenvalue weighted by Crippen LogP contribution is 2.34. The summed E-state index contributed by atoms with van der Waals surface area (Å²) in [5.41, 5.74) is 0.251. The number of halogens is 1. The standard InChI is InChI=1S/C15H18ClNO4/c1-10-7-11(16)3-4-12(10)21-9-13(18)17-15(5-2-6-15)8-14(19)20/h3-4,7H,2,5-6,8-9H2,1H3,(H,17,18)(H,19,20). The quantitative estimate of drug-likeness (QED) is 0.846. The van der Waals surface area contributed by atoms with E-state index in [2.05, 4.69) is 5.32 Å². The Morgan fingerprint density at radius 2 is 2.14 bits per heavy atom. The Labute approximate surface area is 128 Å². The molecule has 0 aromatic heterocycles. The first kappa shape index (κ1) is 15.6. The normalized spacial score (nSPS) is 15.9. The predicted molar refractivity (Wildman–Crippen MR) is 78.7 cm³/mol. The van der Waals surface area contributed by atoms with Crippen molar-refractivity contribution in [2.45, 2.75) is 38.1 Å². The first-order valence-electron chi connectivity index (χ1n) is 6.82. The van der Waals surface area contributed by atoms with Crippen LogP contribution >= 0.6 is 11.6 Å². The second-order valence-corrected chi connectivity index (χ2v) is 5.89. The Morgan fingerprint density at radius 1 is 1.43 bits per heavy atom. The van der Waals surface area contributed by atoms with Crippen molar-refractivity contribution < 1.29 is 19.4 Å². The molecule has 0 aliphatic heterocycles. The molecule has 0 bridgehead atoms. The lowest BCUT2D eigenvalue weighted by molar-refractivity contribution is -0.140. The molecule has 0 spiro atoms. The number of carbonyl (C=O) groups is 2. The topological polar surface area (TPSA) is 75.6 Å². The van der Waals surface area contributed by atoms with Gasteiger partial charge in [-0.15, -0.1) is 0 Å². The van der Waals surface area contributed by atoms with Crippen molar-refractivity contribution in [1.29, 1.82) is 0 Å². The maximum atomic E-state index is 11.9. The molecule has 0 heterocycles. The molecule has 5 nitrogen and oxygen atoms in total. The van der Waals surface area contributed by atoms with Crippen LogP contribution in [-0.4, -0.2) is 29.1 Å². The molecule has 6 heteroatoms. The van der Waals surface area contributed by atoms with Crippen LogP contribution in [0.3, 0.4) is 0 Å². The van der Waals surface area contributed by atoms with Gasteiger partial charge in [-0.25, -0.2) is 0 Å². The Kier molecular flexibility index (Phi) is 4.73. The molecular weight excluding hydrogens is 294 g/mol. The number of ether oxygens (including phenoxy) is 1. The summed E-state index contributed by atoms with van der Waals surface area (Å²) in [5, 5.41) is 12.3. The van der Waals surface area contributed by atoms with Crippen molar-refractivity contribution in [1.82, 2.24) is 5.32 Å². The molecule has 21 heavy (non-hydrogen) atoms. The summed E-state index contributed by atoms with van der Waals surface area (Å²) in [6, 6.07) is 5.16. The molecule has 2 N–H and O–H groups in total. The van der Waals surface area contributed by atoms with E-state index in [1.165, 1.54) is 0 Å². The van der Waals surface area contributed by atoms with Crippen LogP contribution in [0.2, 0.25) is 5.02 Å². The molecule has 1 amide bonds. The highest BCUT2D eigenvalue weighted by atomic mass is 35.5. The number of amides is 1. The Morgan fingerprint density at radius 3 is 2.67 bits per heavy atom. The number of nitrogens with one attached hydrogen (secondary N) is 1. The summed E-state index contributed by atoms with van der Waals surface area (Å²) in [5.74, 6) is -0.606. The van der Waals surface area contributed by atoms with Crippen LogP contribution < -0.4 is 10.1 Å². The molecule has 1 aliphatic rings. The van der Waals surface area contributed by atoms with E-state index in [4.69, 9.17) is 21.4 Å². The number of rotatable bonds is 6. The number of benzene rings is 1. The molecule has 114 valence electrons. The zero-order chi connectivity index (χ0) is 15.5. The number of carbonyl (C=O) groups excluding carboxylic acids is 1. The second-order valence-electron chi connectivity index (χ2n) is 5.45. The van der Waals surface area contributed by atoms with Crippen molar-refractivity contribution in [3.63, 3.8) is 0 Å². The van der Waals surface area contributed by atoms with Crippen LogP contribution in [0, 0.1) is 6.92 Å². The smallest absolute Gasteiger partial charge is 0.305 e. The lowest BCUT2D eigenvalue weighted by Crippen LogP contribution is -2.55. The Bertz CT molecular complexity index is 555. The van der Waals surface area contributed by atoms with Crippen molar-refractivity contribution >= 4 is 23.5 Å². The maximum absolute atomic E-state index is 11.9. The summed E-state index contributed by atoms with van der Waals surface area (Å²) < 4.78 is 5.45. The van der Waals surface area contributed by atoms with Crippen molar-refractivity contribution in [3.8, 4) is 5.75 Å². The number of hydrogen-bond acceptors (Lipinski definition) is 3. The van der Waals surface area contributed by atoms with Crippen molar-refractivity contribution in [2.24, 2.45) is 0 Å². The van der Waals surface area contributed by atoms with E-state index < -0.39 is 11.5 Å². The highest BCUT2D eigenvalue weighted by Gasteiger charge is 2.40. The van der Waals surface area contributed by atoms with Crippen LogP contribution in [0.15, 0.2) is 18.2 Å². The van der Waals surface area contributed by atoms with Crippen LogP contribution in [0.4, 0.5) is 0 Å². The van der Waals surface area contributed by atoms with E-state index in [1.807, 2.05) is 6.92 Å². The number of aryl methyl sites for hydroxylation is 1. The number of hydrogen-bond donors (Lipinski definition) is 2. The van der Waals surface area contributed by atoms with Gasteiger partial charge in [0.15, 0.2) is 6.61 Å². The van der Waals surface area contributed by atoms with E-state index in [1.54, 1.807) is 18.2 Å². The van der Waals surface area contributed by atoms with Gasteiger partial charge in [0.1, 0.15) is 5.75 Å². The molecule has 2 rings (SSSR count). The fourth-order valence-corrected chi connectivity index (χ4v) is 2.72. The average molecular weight is 312 g/mol. The molecule has 0 atom stereocenters. The molecule has 0 saturated heterocycles. The fraction of sp³-hybridized carbons (Fsp3) is 0.467. The summed E-state index contributed by atoms with van der Waals surface area (Å²) in [6.45, 7) is 1.71. The highest BCUT2D eigenvalue weighted by molar-refractivity contribution is 6.30. The van der Waals surface area contributed by atoms with Gasteiger partial charge < -0.3 is 15.2 Å². The summed E-state index contributed by atoms with van der Waals surface area (Å²) in [7, 11) is 0. The lowest BCUT2D eigenvalue weighted by Gasteiger charge is -2.41. The monoisotopic (exact) mass is 311 g/mol. The molecule has 1 aromatic carbocycles. The van der Waals surface area contributed by atoms with Crippen LogP contribution in [-0.2, 0) is 9.59 Å². The first-order chi connectivity index (χ1) is 9.90. The predicted octanol–water partition coefficient (Wildman–Crippen LogP) is 2.54. The summed E-state index contributed by atoms with van der Waals surface area (Å²) in [6.07, 6.45) is 2.29. The zero-order valence-electron chi connectivity index (χ0n) is 11.8. The SMILES string of the molecule is Cc1cc(Cl)ccc1OCC(=O)NC1(CC(=O)O)CCC1.